The van der Waals surface area contributed by atoms with Gasteiger partial charge < -0.3 is 5.11 Å². The highest BCUT2D eigenvalue weighted by molar-refractivity contribution is 5.79. The van der Waals surface area contributed by atoms with Crippen molar-refractivity contribution in [3.05, 3.63) is 24.0 Å². The van der Waals surface area contributed by atoms with Crippen LogP contribution in [0.15, 0.2) is 23.5 Å². The normalized spacial score (nSPS) is 10.5. The van der Waals surface area contributed by atoms with E-state index in [0.29, 0.717) is 0 Å². The average Bonchev–Trinajstić information content (AvgIpc) is 1.88. The number of rotatable bonds is 1. The van der Waals surface area contributed by atoms with Gasteiger partial charge >= 0.3 is 0 Å². The van der Waals surface area contributed by atoms with E-state index in [1.807, 2.05) is 0 Å². The second-order valence-electron chi connectivity index (χ2n) is 1.86. The highest BCUT2D eigenvalue weighted by atomic mass is 16.3. The molecular weight excluding hydrogens is 128 g/mol. The molecule has 0 fully saturated rings. The van der Waals surface area contributed by atoms with Crippen molar-refractivity contribution in [1.29, 1.82) is 0 Å². The van der Waals surface area contributed by atoms with E-state index in [0.717, 1.165) is 5.56 Å². The average molecular weight is 136 g/mol. The number of hydrogen-bond donors (Lipinski definition) is 1. The molecule has 0 spiro atoms. The molecule has 1 aromatic rings. The van der Waals surface area contributed by atoms with Crippen molar-refractivity contribution in [3.63, 3.8) is 0 Å². The van der Waals surface area contributed by atoms with Gasteiger partial charge in [-0.3, -0.25) is 9.98 Å². The van der Waals surface area contributed by atoms with Gasteiger partial charge in [-0.15, -0.1) is 0 Å². The third-order valence-corrected chi connectivity index (χ3v) is 1.02. The molecule has 0 saturated carbocycles. The van der Waals surface area contributed by atoms with Crippen LogP contribution in [0.25, 0.3) is 0 Å². The zero-order valence-corrected chi connectivity index (χ0v) is 5.65. The van der Waals surface area contributed by atoms with Crippen LogP contribution in [0, 0.1) is 0 Å². The Bertz CT molecular complexity index is 245. The van der Waals surface area contributed by atoms with E-state index in [2.05, 4.69) is 9.98 Å². The molecule has 1 rings (SSSR count). The van der Waals surface area contributed by atoms with E-state index in [-0.39, 0.29) is 5.75 Å². The highest BCUT2D eigenvalue weighted by Crippen LogP contribution is 2.05. The SMILES string of the molecule is CN=Cc1cncc(O)c1. The summed E-state index contributed by atoms with van der Waals surface area (Å²) in [6.45, 7) is 0. The molecule has 0 aromatic carbocycles. The molecule has 3 nitrogen and oxygen atoms in total. The van der Waals surface area contributed by atoms with Gasteiger partial charge in [-0.2, -0.15) is 0 Å². The van der Waals surface area contributed by atoms with Gasteiger partial charge in [0.05, 0.1) is 6.20 Å². The smallest absolute Gasteiger partial charge is 0.134 e. The molecule has 0 radical (unpaired) electrons. The van der Waals surface area contributed by atoms with Gasteiger partial charge in [0.2, 0.25) is 0 Å². The summed E-state index contributed by atoms with van der Waals surface area (Å²) in [6, 6.07) is 1.60. The zero-order chi connectivity index (χ0) is 7.40. The predicted octanol–water partition coefficient (Wildman–Crippen LogP) is 0.836. The van der Waals surface area contributed by atoms with Crippen LogP contribution in [0.2, 0.25) is 0 Å². The maximum Gasteiger partial charge on any atom is 0.134 e. The van der Waals surface area contributed by atoms with Crippen LogP contribution in [0.3, 0.4) is 0 Å². The lowest BCUT2D eigenvalue weighted by Crippen LogP contribution is -1.81. The Balaban J connectivity index is 2.95. The van der Waals surface area contributed by atoms with Gasteiger partial charge in [-0.05, 0) is 6.07 Å². The summed E-state index contributed by atoms with van der Waals surface area (Å²) >= 11 is 0. The van der Waals surface area contributed by atoms with Crippen LogP contribution in [0.5, 0.6) is 5.75 Å². The molecule has 3 heteroatoms. The van der Waals surface area contributed by atoms with Gasteiger partial charge in [-0.1, -0.05) is 0 Å². The molecule has 1 N–H and O–H groups in total. The number of nitrogens with zero attached hydrogens (tertiary/aromatic N) is 2. The highest BCUT2D eigenvalue weighted by Gasteiger charge is 1.88. The van der Waals surface area contributed by atoms with Gasteiger partial charge in [-0.25, -0.2) is 0 Å². The molecular formula is C7H8N2O. The minimum atomic E-state index is 0.164. The summed E-state index contributed by atoms with van der Waals surface area (Å²) in [5.74, 6) is 0.164. The standard InChI is InChI=1S/C7H8N2O/c1-8-3-6-2-7(10)5-9-4-6/h2-5,10H,1H3. The van der Waals surface area contributed by atoms with Crippen LogP contribution in [-0.4, -0.2) is 23.4 Å². The van der Waals surface area contributed by atoms with E-state index < -0.39 is 0 Å². The Labute approximate surface area is 59.1 Å². The van der Waals surface area contributed by atoms with Crippen LogP contribution in [0.4, 0.5) is 0 Å². The molecule has 0 bridgehead atoms. The molecule has 0 atom stereocenters. The quantitative estimate of drug-likeness (QED) is 0.581. The van der Waals surface area contributed by atoms with Crippen molar-refractivity contribution in [2.45, 2.75) is 0 Å². The Morgan fingerprint density at radius 3 is 3.00 bits per heavy atom. The van der Waals surface area contributed by atoms with E-state index in [4.69, 9.17) is 5.11 Å². The maximum absolute atomic E-state index is 8.92. The number of pyridine rings is 1. The molecule has 0 amide bonds. The van der Waals surface area contributed by atoms with Crippen LogP contribution in [0.1, 0.15) is 5.56 Å². The first-order valence-electron chi connectivity index (χ1n) is 2.89. The summed E-state index contributed by atoms with van der Waals surface area (Å²) < 4.78 is 0. The second kappa shape index (κ2) is 2.96. The molecule has 0 saturated heterocycles. The zero-order valence-electron chi connectivity index (χ0n) is 5.65. The van der Waals surface area contributed by atoms with E-state index >= 15 is 0 Å². The number of aromatic hydroxyl groups is 1. The third kappa shape index (κ3) is 1.55. The predicted molar refractivity (Wildman–Crippen MR) is 39.4 cm³/mol. The fourth-order valence-corrected chi connectivity index (χ4v) is 0.665. The molecule has 1 heterocycles. The Morgan fingerprint density at radius 1 is 1.60 bits per heavy atom. The Morgan fingerprint density at radius 2 is 2.40 bits per heavy atom. The summed E-state index contributed by atoms with van der Waals surface area (Å²) in [7, 11) is 1.67. The molecule has 10 heavy (non-hydrogen) atoms. The summed E-state index contributed by atoms with van der Waals surface area (Å²) in [5, 5.41) is 8.92. The summed E-state index contributed by atoms with van der Waals surface area (Å²) in [5.41, 5.74) is 0.808. The Kier molecular flexibility index (Phi) is 1.99. The van der Waals surface area contributed by atoms with Crippen molar-refractivity contribution in [2.75, 3.05) is 7.05 Å². The number of aromatic nitrogens is 1. The fraction of sp³-hybridized carbons (Fsp3) is 0.143. The molecule has 0 aliphatic rings. The van der Waals surface area contributed by atoms with Crippen LogP contribution < -0.4 is 0 Å². The second-order valence-corrected chi connectivity index (χ2v) is 1.86. The van der Waals surface area contributed by atoms with Gasteiger partial charge in [0, 0.05) is 25.0 Å². The van der Waals surface area contributed by atoms with Crippen molar-refractivity contribution in [2.24, 2.45) is 4.99 Å². The van der Waals surface area contributed by atoms with Gasteiger partial charge in [0.15, 0.2) is 0 Å². The first-order chi connectivity index (χ1) is 4.83. The van der Waals surface area contributed by atoms with E-state index in [1.54, 1.807) is 25.5 Å². The van der Waals surface area contributed by atoms with E-state index in [9.17, 15) is 0 Å². The molecule has 52 valence electrons. The molecule has 0 aliphatic carbocycles. The monoisotopic (exact) mass is 136 g/mol. The summed E-state index contributed by atoms with van der Waals surface area (Å²) in [6.07, 6.45) is 4.65. The minimum Gasteiger partial charge on any atom is -0.506 e. The van der Waals surface area contributed by atoms with Crippen molar-refractivity contribution >= 4 is 6.21 Å². The van der Waals surface area contributed by atoms with Crippen molar-refractivity contribution in [3.8, 4) is 5.75 Å². The Hall–Kier alpha value is -1.38. The topological polar surface area (TPSA) is 45.5 Å². The lowest BCUT2D eigenvalue weighted by atomic mass is 10.3. The van der Waals surface area contributed by atoms with Crippen molar-refractivity contribution < 1.29 is 5.11 Å². The minimum absolute atomic E-state index is 0.164. The maximum atomic E-state index is 8.92. The summed E-state index contributed by atoms with van der Waals surface area (Å²) in [4.78, 5) is 7.53. The van der Waals surface area contributed by atoms with Gasteiger partial charge in [0.1, 0.15) is 5.75 Å². The lowest BCUT2D eigenvalue weighted by molar-refractivity contribution is 0.472. The third-order valence-electron chi connectivity index (χ3n) is 1.02. The first-order valence-corrected chi connectivity index (χ1v) is 2.89. The lowest BCUT2D eigenvalue weighted by Gasteiger charge is -1.91. The van der Waals surface area contributed by atoms with Crippen LogP contribution in [-0.2, 0) is 0 Å². The van der Waals surface area contributed by atoms with Crippen molar-refractivity contribution in [1.82, 2.24) is 4.98 Å². The van der Waals surface area contributed by atoms with E-state index in [1.165, 1.54) is 6.20 Å². The molecule has 1 aromatic heterocycles. The first kappa shape index (κ1) is 6.74. The molecule has 0 unspecified atom stereocenters. The van der Waals surface area contributed by atoms with Gasteiger partial charge in [0.25, 0.3) is 0 Å². The van der Waals surface area contributed by atoms with Crippen LogP contribution >= 0.6 is 0 Å². The fourth-order valence-electron chi connectivity index (χ4n) is 0.665. The number of aliphatic imine (C=N–C) groups is 1. The number of hydrogen-bond acceptors (Lipinski definition) is 3. The largest absolute Gasteiger partial charge is 0.506 e. The molecule has 0 aliphatic heterocycles.